The van der Waals surface area contributed by atoms with Crippen LogP contribution in [0.25, 0.3) is 0 Å². The molecule has 2 aliphatic carbocycles. The third-order valence-corrected chi connectivity index (χ3v) is 6.66. The molecule has 1 saturated heterocycles. The molecule has 1 saturated carbocycles. The molecule has 1 unspecified atom stereocenters. The first kappa shape index (κ1) is 10.6. The summed E-state index contributed by atoms with van der Waals surface area (Å²) in [6.45, 7) is 1.32. The lowest BCUT2D eigenvalue weighted by molar-refractivity contribution is 0.00403. The summed E-state index contributed by atoms with van der Waals surface area (Å²) in [6.07, 6.45) is 8.61. The first-order valence-electron chi connectivity index (χ1n) is 7.08. The maximum atomic E-state index is 2.65. The Hall–Kier alpha value is -0.340. The van der Waals surface area contributed by atoms with Gasteiger partial charge in [-0.25, -0.2) is 0 Å². The average molecular weight is 247 g/mol. The summed E-state index contributed by atoms with van der Waals surface area (Å²) in [6, 6.07) is 3.30. The van der Waals surface area contributed by atoms with Crippen LogP contribution in [0.15, 0.2) is 11.4 Å². The van der Waals surface area contributed by atoms with Crippen LogP contribution in [0.5, 0.6) is 0 Å². The molecule has 2 heteroatoms. The van der Waals surface area contributed by atoms with Crippen molar-refractivity contribution in [3.05, 3.63) is 21.9 Å². The molecule has 0 radical (unpaired) electrons. The molecule has 0 aromatic carbocycles. The summed E-state index contributed by atoms with van der Waals surface area (Å²) in [4.78, 5) is 4.36. The second-order valence-electron chi connectivity index (χ2n) is 6.27. The Morgan fingerprint density at radius 2 is 2.29 bits per heavy atom. The average Bonchev–Trinajstić information content (AvgIpc) is 2.83. The van der Waals surface area contributed by atoms with Crippen molar-refractivity contribution in [2.24, 2.45) is 5.92 Å². The fourth-order valence-corrected chi connectivity index (χ4v) is 5.92. The maximum absolute atomic E-state index is 2.65. The van der Waals surface area contributed by atoms with Gasteiger partial charge in [-0.15, -0.1) is 11.3 Å². The number of thiophene rings is 1. The van der Waals surface area contributed by atoms with Crippen LogP contribution in [0, 0.1) is 5.92 Å². The number of hydrogen-bond acceptors (Lipinski definition) is 2. The first-order chi connectivity index (χ1) is 8.31. The Balaban J connectivity index is 1.89. The predicted molar refractivity (Wildman–Crippen MR) is 72.7 cm³/mol. The number of piperidine rings is 1. The smallest absolute Gasteiger partial charge is 0.0177 e. The van der Waals surface area contributed by atoms with E-state index in [2.05, 4.69) is 23.4 Å². The molecule has 1 aliphatic heterocycles. The number of nitrogens with zero attached hydrogens (tertiary/aromatic N) is 1. The molecule has 4 rings (SSSR count). The Bertz CT molecular complexity index is 438. The molecule has 2 fully saturated rings. The third kappa shape index (κ3) is 1.29. The summed E-state index contributed by atoms with van der Waals surface area (Å²) in [5, 5.41) is 2.34. The van der Waals surface area contributed by atoms with Crippen molar-refractivity contribution in [3.63, 3.8) is 0 Å². The van der Waals surface area contributed by atoms with Gasteiger partial charge in [0.05, 0.1) is 0 Å². The summed E-state index contributed by atoms with van der Waals surface area (Å²) < 4.78 is 0. The molecule has 2 bridgehead atoms. The Kier molecular flexibility index (Phi) is 2.23. The third-order valence-electron chi connectivity index (χ3n) is 5.72. The van der Waals surface area contributed by atoms with Gasteiger partial charge in [0.2, 0.25) is 0 Å². The molecule has 0 N–H and O–H groups in total. The number of likely N-dealkylation sites (tertiary alicyclic amines) is 1. The van der Waals surface area contributed by atoms with Crippen molar-refractivity contribution in [2.75, 3.05) is 13.6 Å². The van der Waals surface area contributed by atoms with E-state index in [-0.39, 0.29) is 0 Å². The van der Waals surface area contributed by atoms with Gasteiger partial charge in [-0.3, -0.25) is 0 Å². The molecular formula is C15H21NS. The number of fused-ring (bicyclic) bond motifs is 1. The zero-order chi connectivity index (χ0) is 11.5. The van der Waals surface area contributed by atoms with Crippen LogP contribution in [-0.4, -0.2) is 24.5 Å². The second-order valence-corrected chi connectivity index (χ2v) is 7.27. The van der Waals surface area contributed by atoms with Crippen molar-refractivity contribution >= 4 is 11.3 Å². The van der Waals surface area contributed by atoms with E-state index in [1.807, 2.05) is 11.3 Å². The lowest BCUT2D eigenvalue weighted by Gasteiger charge is -2.57. The minimum absolute atomic E-state index is 0.586. The van der Waals surface area contributed by atoms with E-state index < -0.39 is 0 Å². The van der Waals surface area contributed by atoms with Gasteiger partial charge in [0.15, 0.2) is 0 Å². The minimum atomic E-state index is 0.586. The summed E-state index contributed by atoms with van der Waals surface area (Å²) in [7, 11) is 2.35. The molecule has 1 aromatic heterocycles. The highest BCUT2D eigenvalue weighted by Crippen LogP contribution is 2.56. The lowest BCUT2D eigenvalue weighted by atomic mass is 9.54. The fourth-order valence-electron chi connectivity index (χ4n) is 4.89. The molecule has 92 valence electrons. The summed E-state index contributed by atoms with van der Waals surface area (Å²) >= 11 is 2.01. The Morgan fingerprint density at radius 1 is 1.35 bits per heavy atom. The second kappa shape index (κ2) is 3.58. The van der Waals surface area contributed by atoms with E-state index in [1.54, 1.807) is 10.4 Å². The largest absolute Gasteiger partial charge is 0.303 e. The van der Waals surface area contributed by atoms with Crippen LogP contribution in [0.1, 0.15) is 42.5 Å². The van der Waals surface area contributed by atoms with Crippen molar-refractivity contribution in [1.29, 1.82) is 0 Å². The van der Waals surface area contributed by atoms with Crippen LogP contribution in [0.2, 0.25) is 0 Å². The molecule has 17 heavy (non-hydrogen) atoms. The van der Waals surface area contributed by atoms with E-state index in [1.165, 1.54) is 45.1 Å². The number of hydrogen-bond donors (Lipinski definition) is 0. The quantitative estimate of drug-likeness (QED) is 0.679. The van der Waals surface area contributed by atoms with Crippen LogP contribution < -0.4 is 0 Å². The van der Waals surface area contributed by atoms with Crippen LogP contribution in [0.3, 0.4) is 0 Å². The first-order valence-corrected chi connectivity index (χ1v) is 7.96. The van der Waals surface area contributed by atoms with E-state index in [4.69, 9.17) is 0 Å². The molecule has 2 heterocycles. The highest BCUT2D eigenvalue weighted by molar-refractivity contribution is 7.10. The molecular weight excluding hydrogens is 226 g/mol. The van der Waals surface area contributed by atoms with Crippen LogP contribution in [-0.2, 0) is 11.8 Å². The van der Waals surface area contributed by atoms with Crippen LogP contribution in [0.4, 0.5) is 0 Å². The monoisotopic (exact) mass is 247 g/mol. The van der Waals surface area contributed by atoms with Gasteiger partial charge in [-0.2, -0.15) is 0 Å². The van der Waals surface area contributed by atoms with Crippen molar-refractivity contribution in [2.45, 2.75) is 50.0 Å². The molecule has 0 spiro atoms. The predicted octanol–water partition coefficient (Wildman–Crippen LogP) is 3.44. The van der Waals surface area contributed by atoms with Gasteiger partial charge in [0.1, 0.15) is 0 Å². The van der Waals surface area contributed by atoms with Gasteiger partial charge >= 0.3 is 0 Å². The van der Waals surface area contributed by atoms with E-state index in [0.29, 0.717) is 5.41 Å². The number of rotatable bonds is 0. The Labute approximate surface area is 108 Å². The van der Waals surface area contributed by atoms with Crippen LogP contribution >= 0.6 is 11.3 Å². The highest BCUT2D eigenvalue weighted by atomic mass is 32.1. The summed E-state index contributed by atoms with van der Waals surface area (Å²) in [5.41, 5.74) is 2.35. The van der Waals surface area contributed by atoms with E-state index in [9.17, 15) is 0 Å². The van der Waals surface area contributed by atoms with E-state index in [0.717, 1.165) is 12.0 Å². The Morgan fingerprint density at radius 3 is 3.24 bits per heavy atom. The minimum Gasteiger partial charge on any atom is -0.303 e. The van der Waals surface area contributed by atoms with Gasteiger partial charge in [0, 0.05) is 16.3 Å². The lowest BCUT2D eigenvalue weighted by Crippen LogP contribution is -2.59. The van der Waals surface area contributed by atoms with Crippen molar-refractivity contribution < 1.29 is 0 Å². The highest BCUT2D eigenvalue weighted by Gasteiger charge is 2.53. The molecule has 3 aliphatic rings. The molecule has 1 aromatic rings. The van der Waals surface area contributed by atoms with Gasteiger partial charge in [-0.05, 0) is 62.2 Å². The van der Waals surface area contributed by atoms with Crippen molar-refractivity contribution in [1.82, 2.24) is 4.90 Å². The number of likely N-dealkylation sites (N-methyl/N-ethyl adjacent to an activating group) is 1. The SMILES string of the molecule is CN1CC[C@@]23CCCCC2[C@@H]1Cc1sccc13. The molecule has 1 nitrogen and oxygen atoms in total. The van der Waals surface area contributed by atoms with Crippen molar-refractivity contribution in [3.8, 4) is 0 Å². The molecule has 3 atom stereocenters. The van der Waals surface area contributed by atoms with Gasteiger partial charge < -0.3 is 4.90 Å². The normalized spacial score (nSPS) is 40.8. The maximum Gasteiger partial charge on any atom is 0.0177 e. The van der Waals surface area contributed by atoms with Gasteiger partial charge in [-0.1, -0.05) is 12.8 Å². The topological polar surface area (TPSA) is 3.24 Å². The fraction of sp³-hybridized carbons (Fsp3) is 0.733. The van der Waals surface area contributed by atoms with Gasteiger partial charge in [0.25, 0.3) is 0 Å². The standard InChI is InChI=1S/C15H21NS/c1-16-8-7-15-6-3-2-4-11(15)13(16)10-14-12(15)5-9-17-14/h5,9,11,13H,2-4,6-8,10H2,1H3/t11?,13-,15-/m0/s1. The summed E-state index contributed by atoms with van der Waals surface area (Å²) in [5.74, 6) is 0.956. The molecule has 0 amide bonds. The zero-order valence-electron chi connectivity index (χ0n) is 10.6. The zero-order valence-corrected chi connectivity index (χ0v) is 11.4. The van der Waals surface area contributed by atoms with E-state index >= 15 is 0 Å².